The van der Waals surface area contributed by atoms with Crippen LogP contribution in [0.5, 0.6) is 0 Å². The predicted octanol–water partition coefficient (Wildman–Crippen LogP) is 5.58. The second-order valence-electron chi connectivity index (χ2n) is 9.21. The molecule has 0 spiro atoms. The minimum atomic E-state index is -0.560. The number of benzene rings is 2. The molecule has 0 unspecified atom stereocenters. The zero-order valence-corrected chi connectivity index (χ0v) is 22.2. The maximum Gasteiger partial charge on any atom is 0.265 e. The van der Waals surface area contributed by atoms with Crippen LogP contribution in [0.2, 0.25) is 5.02 Å². The van der Waals surface area contributed by atoms with Crippen LogP contribution in [0.4, 0.5) is 11.5 Å². The largest absolute Gasteiger partial charge is 0.361 e. The molecule has 9 nitrogen and oxygen atoms in total. The van der Waals surface area contributed by atoms with Crippen molar-refractivity contribution in [2.24, 2.45) is 0 Å². The molecule has 0 aliphatic carbocycles. The van der Waals surface area contributed by atoms with Crippen molar-refractivity contribution in [1.29, 1.82) is 0 Å². The summed E-state index contributed by atoms with van der Waals surface area (Å²) in [5.41, 5.74) is 1.31. The minimum absolute atomic E-state index is 0.161. The second-order valence-corrected chi connectivity index (χ2v) is 9.59. The summed E-state index contributed by atoms with van der Waals surface area (Å²) in [5.74, 6) is 0.153. The SMILES string of the molecule is CCCCC(=O)Nc1cccc2c(Cl)c([C@H](C)Nc3ncnc4[nH]ccc(=O)c34)n(-c3ccccc3)c(=O)c12. The number of carbonyl (C=O) groups excluding carboxylic acids is 1. The Morgan fingerprint density at radius 1 is 1.05 bits per heavy atom. The molecule has 1 amide bonds. The number of fused-ring (bicyclic) bond motifs is 2. The van der Waals surface area contributed by atoms with E-state index in [2.05, 4.69) is 25.6 Å². The van der Waals surface area contributed by atoms with Crippen molar-refractivity contribution in [3.05, 3.63) is 98.4 Å². The maximum absolute atomic E-state index is 14.2. The van der Waals surface area contributed by atoms with Crippen molar-refractivity contribution in [3.63, 3.8) is 0 Å². The molecular weight excluding hydrogens is 516 g/mol. The number of amides is 1. The number of para-hydroxylation sites is 1. The quantitative estimate of drug-likeness (QED) is 0.235. The van der Waals surface area contributed by atoms with Crippen molar-refractivity contribution in [3.8, 4) is 5.69 Å². The van der Waals surface area contributed by atoms with Crippen molar-refractivity contribution in [2.45, 2.75) is 39.2 Å². The van der Waals surface area contributed by atoms with Crippen LogP contribution in [-0.4, -0.2) is 25.4 Å². The lowest BCUT2D eigenvalue weighted by atomic mass is 10.0. The van der Waals surface area contributed by atoms with Gasteiger partial charge in [-0.3, -0.25) is 19.0 Å². The Hall–Kier alpha value is -4.50. The Labute approximate surface area is 228 Å². The van der Waals surface area contributed by atoms with E-state index in [1.807, 2.05) is 44.2 Å². The summed E-state index contributed by atoms with van der Waals surface area (Å²) >= 11 is 7.06. The second kappa shape index (κ2) is 11.1. The molecule has 1 atom stereocenters. The highest BCUT2D eigenvalue weighted by molar-refractivity contribution is 6.36. The predicted molar refractivity (Wildman–Crippen MR) is 155 cm³/mol. The highest BCUT2D eigenvalue weighted by atomic mass is 35.5. The molecule has 39 heavy (non-hydrogen) atoms. The number of H-pyrrole nitrogens is 1. The van der Waals surface area contributed by atoms with Crippen molar-refractivity contribution < 1.29 is 4.79 Å². The highest BCUT2D eigenvalue weighted by Crippen LogP contribution is 2.35. The van der Waals surface area contributed by atoms with Gasteiger partial charge in [-0.1, -0.05) is 55.3 Å². The number of hydrogen-bond acceptors (Lipinski definition) is 6. The van der Waals surface area contributed by atoms with Gasteiger partial charge in [-0.25, -0.2) is 9.97 Å². The van der Waals surface area contributed by atoms with Crippen molar-refractivity contribution in [1.82, 2.24) is 19.5 Å². The molecule has 3 N–H and O–H groups in total. The molecule has 0 bridgehead atoms. The lowest BCUT2D eigenvalue weighted by molar-refractivity contribution is -0.116. The van der Waals surface area contributed by atoms with E-state index in [1.165, 1.54) is 23.2 Å². The van der Waals surface area contributed by atoms with Crippen molar-refractivity contribution >= 4 is 50.8 Å². The number of aromatic nitrogens is 4. The average molecular weight is 543 g/mol. The van der Waals surface area contributed by atoms with Gasteiger partial charge >= 0.3 is 0 Å². The molecule has 198 valence electrons. The fourth-order valence-corrected chi connectivity index (χ4v) is 5.09. The summed E-state index contributed by atoms with van der Waals surface area (Å²) in [4.78, 5) is 50.8. The first-order valence-corrected chi connectivity index (χ1v) is 13.1. The highest BCUT2D eigenvalue weighted by Gasteiger charge is 2.24. The van der Waals surface area contributed by atoms with Gasteiger partial charge in [0.2, 0.25) is 5.91 Å². The first-order valence-electron chi connectivity index (χ1n) is 12.7. The number of anilines is 2. The Morgan fingerprint density at radius 3 is 2.62 bits per heavy atom. The van der Waals surface area contributed by atoms with Crippen LogP contribution in [-0.2, 0) is 4.79 Å². The minimum Gasteiger partial charge on any atom is -0.361 e. The van der Waals surface area contributed by atoms with Crippen molar-refractivity contribution in [2.75, 3.05) is 10.6 Å². The van der Waals surface area contributed by atoms with Crippen LogP contribution >= 0.6 is 11.6 Å². The van der Waals surface area contributed by atoms with E-state index in [4.69, 9.17) is 11.6 Å². The van der Waals surface area contributed by atoms with Gasteiger partial charge < -0.3 is 15.6 Å². The van der Waals surface area contributed by atoms with Gasteiger partial charge in [-0.05, 0) is 31.5 Å². The first-order chi connectivity index (χ1) is 18.9. The molecule has 0 fully saturated rings. The maximum atomic E-state index is 14.2. The number of nitrogens with one attached hydrogen (secondary N) is 3. The number of carbonyl (C=O) groups is 1. The van der Waals surface area contributed by atoms with Crippen LogP contribution in [0.1, 0.15) is 44.8 Å². The van der Waals surface area contributed by atoms with Gasteiger partial charge in [-0.15, -0.1) is 0 Å². The zero-order valence-electron chi connectivity index (χ0n) is 21.5. The molecular formula is C29H27ClN6O3. The smallest absolute Gasteiger partial charge is 0.265 e. The zero-order chi connectivity index (χ0) is 27.5. The van der Waals surface area contributed by atoms with E-state index in [9.17, 15) is 14.4 Å². The Kier molecular flexibility index (Phi) is 7.42. The number of unbranched alkanes of at least 4 members (excludes halogenated alkanes) is 1. The fourth-order valence-electron chi connectivity index (χ4n) is 4.69. The lowest BCUT2D eigenvalue weighted by Gasteiger charge is -2.24. The molecule has 5 rings (SSSR count). The summed E-state index contributed by atoms with van der Waals surface area (Å²) in [6, 6.07) is 15.2. The van der Waals surface area contributed by atoms with E-state index in [0.29, 0.717) is 56.1 Å². The molecule has 2 aromatic carbocycles. The van der Waals surface area contributed by atoms with E-state index in [0.717, 1.165) is 12.8 Å². The van der Waals surface area contributed by atoms with Gasteiger partial charge in [0.05, 0.1) is 27.8 Å². The van der Waals surface area contributed by atoms with Crippen LogP contribution < -0.4 is 21.6 Å². The van der Waals surface area contributed by atoms with E-state index >= 15 is 0 Å². The van der Waals surface area contributed by atoms with E-state index in [1.54, 1.807) is 18.2 Å². The molecule has 10 heteroatoms. The van der Waals surface area contributed by atoms with Gasteiger partial charge in [0.1, 0.15) is 23.2 Å². The van der Waals surface area contributed by atoms with Crippen LogP contribution in [0.25, 0.3) is 27.5 Å². The third kappa shape index (κ3) is 5.00. The number of halogens is 1. The molecule has 0 saturated carbocycles. The Morgan fingerprint density at radius 2 is 1.85 bits per heavy atom. The lowest BCUT2D eigenvalue weighted by Crippen LogP contribution is -2.27. The van der Waals surface area contributed by atoms with Crippen LogP contribution in [0.3, 0.4) is 0 Å². The standard InChI is InChI=1S/C29H27ClN6O3/c1-3-4-13-22(38)35-20-12-8-11-19-23(20)29(39)36(18-9-6-5-7-10-18)26(25(19)30)17(2)34-28-24-21(37)14-15-31-27(24)32-16-33-28/h5-12,14-17H,3-4,13H2,1-2H3,(H,35,38)(H2,31,32,33,34,37)/t17-/m0/s1. The molecule has 3 aromatic heterocycles. The number of nitrogens with zero attached hydrogens (tertiary/aromatic N) is 3. The van der Waals surface area contributed by atoms with Gasteiger partial charge in [0.25, 0.3) is 5.56 Å². The monoisotopic (exact) mass is 542 g/mol. The topological polar surface area (TPSA) is 122 Å². The van der Waals surface area contributed by atoms with Gasteiger partial charge in [0, 0.05) is 29.8 Å². The molecule has 3 heterocycles. The molecule has 0 radical (unpaired) electrons. The number of hydrogen-bond donors (Lipinski definition) is 3. The third-order valence-electron chi connectivity index (χ3n) is 6.54. The Bertz CT molecular complexity index is 1790. The number of rotatable bonds is 8. The third-order valence-corrected chi connectivity index (χ3v) is 6.94. The van der Waals surface area contributed by atoms with Crippen LogP contribution in [0, 0.1) is 0 Å². The summed E-state index contributed by atoms with van der Waals surface area (Å²) in [6.07, 6.45) is 4.87. The first kappa shape index (κ1) is 26.1. The van der Waals surface area contributed by atoms with Crippen LogP contribution in [0.15, 0.2) is 76.7 Å². The summed E-state index contributed by atoms with van der Waals surface area (Å²) in [5, 5.41) is 7.63. The number of aromatic amines is 1. The normalized spacial score (nSPS) is 12.0. The molecule has 0 saturated heterocycles. The Balaban J connectivity index is 1.71. The molecule has 5 aromatic rings. The summed E-state index contributed by atoms with van der Waals surface area (Å²) in [6.45, 7) is 3.86. The van der Waals surface area contributed by atoms with Gasteiger partial charge in [0.15, 0.2) is 5.43 Å². The van der Waals surface area contributed by atoms with E-state index < -0.39 is 6.04 Å². The van der Waals surface area contributed by atoms with Gasteiger partial charge in [-0.2, -0.15) is 0 Å². The van der Waals surface area contributed by atoms with E-state index in [-0.39, 0.29) is 16.9 Å². The number of pyridine rings is 2. The molecule has 0 aliphatic heterocycles. The fraction of sp³-hybridized carbons (Fsp3) is 0.207. The summed E-state index contributed by atoms with van der Waals surface area (Å²) < 4.78 is 1.54. The summed E-state index contributed by atoms with van der Waals surface area (Å²) in [7, 11) is 0. The molecule has 0 aliphatic rings. The average Bonchev–Trinajstić information content (AvgIpc) is 2.94.